The second-order valence-electron chi connectivity index (χ2n) is 6.26. The number of aryl methyl sites for hydroxylation is 4. The van der Waals surface area contributed by atoms with Gasteiger partial charge < -0.3 is 11.1 Å². The molecule has 7 heteroatoms. The summed E-state index contributed by atoms with van der Waals surface area (Å²) in [5.74, 6) is 0.225. The van der Waals surface area contributed by atoms with E-state index in [1.165, 1.54) is 0 Å². The van der Waals surface area contributed by atoms with E-state index in [1.807, 2.05) is 50.6 Å². The maximum absolute atomic E-state index is 11.3. The van der Waals surface area contributed by atoms with E-state index in [-0.39, 0.29) is 12.3 Å². The highest BCUT2D eigenvalue weighted by Gasteiger charge is 2.09. The van der Waals surface area contributed by atoms with E-state index >= 15 is 0 Å². The van der Waals surface area contributed by atoms with Crippen LogP contribution in [-0.2, 0) is 31.1 Å². The molecule has 0 bridgehead atoms. The molecule has 3 N–H and O–H groups in total. The van der Waals surface area contributed by atoms with Crippen LogP contribution < -0.4 is 11.1 Å². The highest BCUT2D eigenvalue weighted by atomic mass is 16.1. The summed E-state index contributed by atoms with van der Waals surface area (Å²) in [5.41, 5.74) is 10.3. The number of benzene rings is 1. The third-order valence-electron chi connectivity index (χ3n) is 4.15. The molecule has 0 aliphatic heterocycles. The molecule has 0 atom stereocenters. The Kier molecular flexibility index (Phi) is 5.26. The molecule has 2 heterocycles. The lowest BCUT2D eigenvalue weighted by molar-refractivity contribution is -0.117. The summed E-state index contributed by atoms with van der Waals surface area (Å²) >= 11 is 0. The molecular formula is C19H22N6O. The van der Waals surface area contributed by atoms with Crippen LogP contribution in [0.3, 0.4) is 0 Å². The Bertz CT molecular complexity index is 918. The zero-order valence-corrected chi connectivity index (χ0v) is 14.9. The second kappa shape index (κ2) is 7.77. The van der Waals surface area contributed by atoms with Gasteiger partial charge in [0.25, 0.3) is 0 Å². The van der Waals surface area contributed by atoms with Crippen molar-refractivity contribution in [2.45, 2.75) is 26.2 Å². The van der Waals surface area contributed by atoms with Gasteiger partial charge in [0.05, 0.1) is 18.3 Å². The Hall–Kier alpha value is -3.22. The van der Waals surface area contributed by atoms with Gasteiger partial charge in [-0.1, -0.05) is 24.3 Å². The van der Waals surface area contributed by atoms with Gasteiger partial charge in [0.15, 0.2) is 0 Å². The van der Waals surface area contributed by atoms with Crippen LogP contribution in [0.25, 0.3) is 0 Å². The molecule has 0 aliphatic rings. The number of nitrogens with one attached hydrogen (secondary N) is 1. The van der Waals surface area contributed by atoms with E-state index in [1.54, 1.807) is 10.9 Å². The first kappa shape index (κ1) is 17.6. The van der Waals surface area contributed by atoms with Gasteiger partial charge in [-0.3, -0.25) is 9.48 Å². The Balaban J connectivity index is 1.74. The van der Waals surface area contributed by atoms with Gasteiger partial charge >= 0.3 is 0 Å². The van der Waals surface area contributed by atoms with E-state index < -0.39 is 0 Å². The Morgan fingerprint density at radius 2 is 1.96 bits per heavy atom. The molecule has 0 aliphatic carbocycles. The quantitative estimate of drug-likeness (QED) is 0.680. The zero-order valence-electron chi connectivity index (χ0n) is 14.9. The molecule has 3 aromatic rings. The first-order chi connectivity index (χ1) is 12.5. The average molecular weight is 350 g/mol. The van der Waals surface area contributed by atoms with Crippen molar-refractivity contribution < 1.29 is 4.79 Å². The van der Waals surface area contributed by atoms with E-state index in [4.69, 9.17) is 5.73 Å². The highest BCUT2D eigenvalue weighted by molar-refractivity contribution is 5.77. The van der Waals surface area contributed by atoms with Gasteiger partial charge in [-0.25, -0.2) is 9.97 Å². The largest absolute Gasteiger partial charge is 0.369 e. The number of carbonyl (C=O) groups excluding carboxylic acids is 1. The fraction of sp³-hybridized carbons (Fsp3) is 0.263. The molecule has 134 valence electrons. The number of hydrogen-bond donors (Lipinski definition) is 2. The van der Waals surface area contributed by atoms with Crippen LogP contribution in [0, 0.1) is 6.92 Å². The monoisotopic (exact) mass is 350 g/mol. The molecule has 0 spiro atoms. The number of anilines is 2. The molecule has 0 fully saturated rings. The third kappa shape index (κ3) is 4.44. The molecule has 0 saturated heterocycles. The van der Waals surface area contributed by atoms with Gasteiger partial charge in [-0.2, -0.15) is 5.10 Å². The Morgan fingerprint density at radius 3 is 2.65 bits per heavy atom. The van der Waals surface area contributed by atoms with Gasteiger partial charge in [0, 0.05) is 25.1 Å². The standard InChI is InChI=1S/C19H22N6O/c1-13-10-21-19(23-16-11-22-25(2)12-16)24-17(13)8-7-14-5-3-4-6-15(14)9-18(20)26/h3-6,10-12H,7-9H2,1-2H3,(H2,20,26)(H,21,23,24). The lowest BCUT2D eigenvalue weighted by Crippen LogP contribution is -2.15. The van der Waals surface area contributed by atoms with Crippen molar-refractivity contribution in [2.75, 3.05) is 5.32 Å². The SMILES string of the molecule is Cc1cnc(Nc2cnn(C)c2)nc1CCc1ccccc1CC(N)=O. The van der Waals surface area contributed by atoms with Crippen molar-refractivity contribution >= 4 is 17.5 Å². The summed E-state index contributed by atoms with van der Waals surface area (Å²) in [5, 5.41) is 7.28. The number of primary amides is 1. The maximum atomic E-state index is 11.3. The molecule has 0 radical (unpaired) electrons. The fourth-order valence-corrected chi connectivity index (χ4v) is 2.82. The van der Waals surface area contributed by atoms with E-state index in [0.717, 1.165) is 40.9 Å². The normalized spacial score (nSPS) is 10.7. The summed E-state index contributed by atoms with van der Waals surface area (Å²) in [7, 11) is 1.86. The molecule has 7 nitrogen and oxygen atoms in total. The van der Waals surface area contributed by atoms with Crippen LogP contribution in [0.15, 0.2) is 42.9 Å². The van der Waals surface area contributed by atoms with Crippen LogP contribution in [0.4, 0.5) is 11.6 Å². The van der Waals surface area contributed by atoms with Gasteiger partial charge in [-0.15, -0.1) is 0 Å². The third-order valence-corrected chi connectivity index (χ3v) is 4.15. The van der Waals surface area contributed by atoms with E-state index in [2.05, 4.69) is 20.4 Å². The number of nitrogens with zero attached hydrogens (tertiary/aromatic N) is 4. The summed E-state index contributed by atoms with van der Waals surface area (Å²) in [6.45, 7) is 2.00. The van der Waals surface area contributed by atoms with Gasteiger partial charge in [-0.05, 0) is 36.5 Å². The summed E-state index contributed by atoms with van der Waals surface area (Å²) < 4.78 is 1.72. The van der Waals surface area contributed by atoms with Crippen molar-refractivity contribution in [3.63, 3.8) is 0 Å². The number of hydrogen-bond acceptors (Lipinski definition) is 5. The lowest BCUT2D eigenvalue weighted by atomic mass is 9.98. The minimum absolute atomic E-state index is 0.257. The number of rotatable bonds is 7. The molecule has 0 saturated carbocycles. The Labute approximate surface area is 152 Å². The van der Waals surface area contributed by atoms with Crippen LogP contribution in [0.2, 0.25) is 0 Å². The van der Waals surface area contributed by atoms with Crippen molar-refractivity contribution in [3.05, 3.63) is 65.2 Å². The summed E-state index contributed by atoms with van der Waals surface area (Å²) in [6.07, 6.45) is 7.20. The Morgan fingerprint density at radius 1 is 1.19 bits per heavy atom. The zero-order chi connectivity index (χ0) is 18.5. The van der Waals surface area contributed by atoms with Crippen molar-refractivity contribution in [3.8, 4) is 0 Å². The first-order valence-corrected chi connectivity index (χ1v) is 8.44. The maximum Gasteiger partial charge on any atom is 0.227 e. The fourth-order valence-electron chi connectivity index (χ4n) is 2.82. The van der Waals surface area contributed by atoms with Crippen LogP contribution in [-0.4, -0.2) is 25.7 Å². The molecule has 2 aromatic heterocycles. The summed E-state index contributed by atoms with van der Waals surface area (Å²) in [4.78, 5) is 20.2. The van der Waals surface area contributed by atoms with Gasteiger partial charge in [0.1, 0.15) is 0 Å². The van der Waals surface area contributed by atoms with Crippen LogP contribution >= 0.6 is 0 Å². The minimum Gasteiger partial charge on any atom is -0.369 e. The molecule has 3 rings (SSSR count). The predicted molar refractivity (Wildman–Crippen MR) is 100 cm³/mol. The number of amides is 1. The minimum atomic E-state index is -0.321. The average Bonchev–Trinajstić information content (AvgIpc) is 3.01. The van der Waals surface area contributed by atoms with Crippen molar-refractivity contribution in [1.29, 1.82) is 0 Å². The van der Waals surface area contributed by atoms with Crippen LogP contribution in [0.5, 0.6) is 0 Å². The molecular weight excluding hydrogens is 328 g/mol. The van der Waals surface area contributed by atoms with Crippen LogP contribution in [0.1, 0.15) is 22.4 Å². The number of carbonyl (C=O) groups is 1. The highest BCUT2D eigenvalue weighted by Crippen LogP contribution is 2.17. The lowest BCUT2D eigenvalue weighted by Gasteiger charge is -2.10. The second-order valence-corrected chi connectivity index (χ2v) is 6.26. The van der Waals surface area contributed by atoms with Crippen molar-refractivity contribution in [2.24, 2.45) is 12.8 Å². The smallest absolute Gasteiger partial charge is 0.227 e. The van der Waals surface area contributed by atoms with E-state index in [0.29, 0.717) is 5.95 Å². The van der Waals surface area contributed by atoms with Gasteiger partial charge in [0.2, 0.25) is 11.9 Å². The number of aromatic nitrogens is 4. The molecule has 1 aromatic carbocycles. The summed E-state index contributed by atoms with van der Waals surface area (Å²) in [6, 6.07) is 7.88. The van der Waals surface area contributed by atoms with E-state index in [9.17, 15) is 4.79 Å². The molecule has 1 amide bonds. The molecule has 0 unspecified atom stereocenters. The predicted octanol–water partition coefficient (Wildman–Crippen LogP) is 2.08. The van der Waals surface area contributed by atoms with Crippen molar-refractivity contribution in [1.82, 2.24) is 19.7 Å². The topological polar surface area (TPSA) is 98.7 Å². The number of nitrogens with two attached hydrogens (primary N) is 1. The molecule has 26 heavy (non-hydrogen) atoms. The first-order valence-electron chi connectivity index (χ1n) is 8.44.